The Labute approximate surface area is 579 Å². The Bertz CT molecular complexity index is 3170. The van der Waals surface area contributed by atoms with Crippen molar-refractivity contribution in [3.05, 3.63) is 35.1 Å². The van der Waals surface area contributed by atoms with Gasteiger partial charge in [-0.2, -0.15) is 13.2 Å². The van der Waals surface area contributed by atoms with Gasteiger partial charge in [0.05, 0.1) is 18.5 Å². The molecule has 10 atom stereocenters. The number of fused-ring (bicyclic) bond motifs is 2. The van der Waals surface area contributed by atoms with Gasteiger partial charge in [-0.05, 0) is 138 Å². The molecule has 3 N–H and O–H groups in total. The van der Waals surface area contributed by atoms with E-state index in [1.165, 1.54) is 83.5 Å². The molecule has 0 aromatic heterocycles. The Morgan fingerprint density at radius 3 is 1.77 bits per heavy atom. The fraction of sp³-hybridized carbons (Fsp3) is 0.746. The molecule has 24 nitrogen and oxygen atoms in total. The third-order valence-electron chi connectivity index (χ3n) is 22.6. The lowest BCUT2D eigenvalue weighted by Gasteiger charge is -2.45. The summed E-state index contributed by atoms with van der Waals surface area (Å²) >= 11 is 0. The highest BCUT2D eigenvalue weighted by Gasteiger charge is 2.53. The number of aryl methyl sites for hydroxylation is 1. The molecule has 4 heterocycles. The van der Waals surface area contributed by atoms with Gasteiger partial charge in [0.2, 0.25) is 70.9 Å². The van der Waals surface area contributed by atoms with E-state index in [0.29, 0.717) is 89.4 Å². The second-order valence-electron chi connectivity index (χ2n) is 29.7. The van der Waals surface area contributed by atoms with Crippen molar-refractivity contribution in [2.75, 3.05) is 75.0 Å². The minimum Gasteiger partial charge on any atom is -0.343 e. The Morgan fingerprint density at radius 2 is 1.21 bits per heavy atom. The predicted molar refractivity (Wildman–Crippen MR) is 357 cm³/mol. The first-order chi connectivity index (χ1) is 46.7. The summed E-state index contributed by atoms with van der Waals surface area (Å²) in [6, 6.07) is -8.68. The summed E-state index contributed by atoms with van der Waals surface area (Å²) in [6.07, 6.45) is 2.93. The van der Waals surface area contributed by atoms with E-state index < -0.39 is 173 Å². The average molecular weight is 1400 g/mol. The molecule has 7 aliphatic rings. The number of nitrogens with one attached hydrogen (secondary N) is 3. The van der Waals surface area contributed by atoms with Crippen molar-refractivity contribution in [3.63, 3.8) is 0 Å². The number of rotatable bonds is 10. The molecule has 0 unspecified atom stereocenters. The predicted octanol–water partition coefficient (Wildman–Crippen LogP) is 4.88. The fourth-order valence-electron chi connectivity index (χ4n) is 16.1. The molecule has 0 bridgehead atoms. The van der Waals surface area contributed by atoms with E-state index in [4.69, 9.17) is 0 Å². The maximum absolute atomic E-state index is 15.7. The summed E-state index contributed by atoms with van der Waals surface area (Å²) in [5.74, 6) is -10.7. The first-order valence-corrected chi connectivity index (χ1v) is 36.0. The van der Waals surface area contributed by atoms with Crippen LogP contribution in [0, 0.1) is 29.5 Å². The van der Waals surface area contributed by atoms with Gasteiger partial charge in [0.25, 0.3) is 0 Å². The number of amides is 12. The number of halogens is 4. The topological polar surface area (TPSA) is 270 Å². The quantitative estimate of drug-likeness (QED) is 0.265. The molecule has 0 radical (unpaired) electrons. The van der Waals surface area contributed by atoms with Gasteiger partial charge in [-0.25, -0.2) is 4.39 Å². The monoisotopic (exact) mass is 1390 g/mol. The summed E-state index contributed by atoms with van der Waals surface area (Å²) < 4.78 is 56.2. The zero-order chi connectivity index (χ0) is 72.7. The Hall–Kier alpha value is -7.42. The van der Waals surface area contributed by atoms with Crippen molar-refractivity contribution in [3.8, 4) is 0 Å². The van der Waals surface area contributed by atoms with Gasteiger partial charge in [-0.3, -0.25) is 57.5 Å². The van der Waals surface area contributed by atoms with Gasteiger partial charge < -0.3 is 60.0 Å². The Balaban J connectivity index is 1.17. The van der Waals surface area contributed by atoms with Crippen molar-refractivity contribution in [2.45, 2.75) is 242 Å². The molecular weight excluding hydrogens is 1290 g/mol. The van der Waals surface area contributed by atoms with Crippen molar-refractivity contribution in [2.24, 2.45) is 23.7 Å². The fourth-order valence-corrected chi connectivity index (χ4v) is 16.1. The maximum Gasteiger partial charge on any atom is 0.419 e. The zero-order valence-electron chi connectivity index (χ0n) is 59.8. The summed E-state index contributed by atoms with van der Waals surface area (Å²) in [5, 5.41) is 8.69. The van der Waals surface area contributed by atoms with E-state index in [9.17, 15) is 46.7 Å². The number of likely N-dealkylation sites (N-methyl/N-ethyl adjacent to an activating group) is 6. The van der Waals surface area contributed by atoms with E-state index >= 15 is 28.4 Å². The second-order valence-corrected chi connectivity index (χ2v) is 29.7. The Kier molecular flexibility index (Phi) is 25.7. The number of hydrogen-bond acceptors (Lipinski definition) is 12. The smallest absolute Gasteiger partial charge is 0.343 e. The first kappa shape index (κ1) is 77.3. The molecule has 1 aromatic carbocycles. The minimum atomic E-state index is -5.00. The molecule has 8 rings (SSSR count). The van der Waals surface area contributed by atoms with Crippen LogP contribution in [0.5, 0.6) is 0 Å². The molecular formula is C71H106F4N12O12. The molecule has 4 aliphatic heterocycles. The molecule has 550 valence electrons. The van der Waals surface area contributed by atoms with Crippen LogP contribution in [0.2, 0.25) is 0 Å². The van der Waals surface area contributed by atoms with Crippen molar-refractivity contribution < 1.29 is 75.1 Å². The van der Waals surface area contributed by atoms with E-state index in [1.54, 1.807) is 11.8 Å². The van der Waals surface area contributed by atoms with Crippen LogP contribution in [0.15, 0.2) is 18.2 Å². The lowest BCUT2D eigenvalue weighted by Crippen LogP contribution is -2.65. The molecule has 99 heavy (non-hydrogen) atoms. The van der Waals surface area contributed by atoms with Crippen LogP contribution in [0.3, 0.4) is 0 Å². The molecule has 1 spiro atoms. The van der Waals surface area contributed by atoms with E-state index in [0.717, 1.165) is 36.6 Å². The summed E-state index contributed by atoms with van der Waals surface area (Å²) in [5.41, 5.74) is -3.02. The third-order valence-corrected chi connectivity index (χ3v) is 22.6. The molecule has 7 fully saturated rings. The number of likely N-dealkylation sites (tertiary alicyclic amines) is 1. The van der Waals surface area contributed by atoms with Crippen LogP contribution in [0.25, 0.3) is 0 Å². The first-order valence-electron chi connectivity index (χ1n) is 36.0. The van der Waals surface area contributed by atoms with Crippen LogP contribution in [-0.4, -0.2) is 250 Å². The summed E-state index contributed by atoms with van der Waals surface area (Å²) in [6.45, 7) is 9.09. The molecule has 1 aromatic rings. The SMILES string of the molecule is CC[C@H](C)[C@@H]1NC(=O)[C@H](CC(C)C)N(C)C(=O)C[C@@H](C(=O)N2CCCC2)N(C)C(=O)[C@H](C2CCCC2)N(C)C(=O)C2(CCCC2)NC(=O)[C@@H]2CCCN2C(=O)[C@H](CCc2ccc(C(F)(F)F)c(F)c2)NC(=O)CN(C)C(=O)[C@H](C2CCCC2)N(C)C(=O)[C@@H]2CCN2C(=O)[C@H](C)N(C)C1=O. The van der Waals surface area contributed by atoms with Gasteiger partial charge in [-0.1, -0.05) is 78.7 Å². The second kappa shape index (κ2) is 32.9. The van der Waals surface area contributed by atoms with Crippen LogP contribution in [-0.2, 0) is 70.1 Å². The highest BCUT2D eigenvalue weighted by molar-refractivity contribution is 6.01. The van der Waals surface area contributed by atoms with E-state index in [2.05, 4.69) is 16.0 Å². The van der Waals surface area contributed by atoms with Crippen LogP contribution in [0.4, 0.5) is 17.6 Å². The van der Waals surface area contributed by atoms with Crippen molar-refractivity contribution >= 4 is 70.9 Å². The normalized spacial score (nSPS) is 28.7. The van der Waals surface area contributed by atoms with Gasteiger partial charge in [0.15, 0.2) is 0 Å². The van der Waals surface area contributed by atoms with Crippen molar-refractivity contribution in [1.82, 2.24) is 60.0 Å². The number of benzene rings is 1. The summed E-state index contributed by atoms with van der Waals surface area (Å²) in [7, 11) is 8.63. The van der Waals surface area contributed by atoms with Gasteiger partial charge in [0.1, 0.15) is 65.7 Å². The molecule has 4 saturated heterocycles. The lowest BCUT2D eigenvalue weighted by molar-refractivity contribution is -0.161. The average Bonchev–Trinajstić information content (AvgIpc) is 1.76. The van der Waals surface area contributed by atoms with E-state index in [-0.39, 0.29) is 75.4 Å². The standard InChI is InChI=1S/C71H106F4N12O12/c1-12-43(4)57-66(96)80(7)44(5)62(92)87-37-31-52(87)64(94)83(10)58(46-22-13-14-23-46)67(97)79(6)41-55(88)76-50(30-28-45-27-29-48(49(72)39-45)71(73,74)75)63(93)86-36-21-26-51(86)61(91)78-70(32-17-18-33-70)69(99)84(11)59(47-24-15-16-25-47)68(98)82(9)54(65(95)85-34-19-20-35-85)40-56(89)81(8)53(38-42(2)3)60(90)77-57/h27,29,39,42-44,46-47,50-54,57-59H,12-26,28,30-38,40-41H2,1-11H3,(H,76,88)(H,77,90)(H,78,91)/t43-,44-,50-,51-,52-,53-,54-,57-,58-,59-/m0/s1. The lowest BCUT2D eigenvalue weighted by atomic mass is 9.90. The van der Waals surface area contributed by atoms with Gasteiger partial charge in [-0.15, -0.1) is 0 Å². The molecule has 3 aliphatic carbocycles. The highest BCUT2D eigenvalue weighted by atomic mass is 19.4. The molecule has 28 heteroatoms. The number of hydrogen-bond donors (Lipinski definition) is 3. The summed E-state index contributed by atoms with van der Waals surface area (Å²) in [4.78, 5) is 192. The van der Waals surface area contributed by atoms with Crippen LogP contribution >= 0.6 is 0 Å². The van der Waals surface area contributed by atoms with Crippen LogP contribution < -0.4 is 16.0 Å². The number of carbonyl (C=O) groups is 12. The van der Waals surface area contributed by atoms with E-state index in [1.807, 2.05) is 20.8 Å². The highest BCUT2D eigenvalue weighted by Crippen LogP contribution is 2.39. The zero-order valence-corrected chi connectivity index (χ0v) is 59.8. The third kappa shape index (κ3) is 17.3. The minimum absolute atomic E-state index is 0.00308. The number of alkyl halides is 3. The number of nitrogens with zero attached hydrogens (tertiary/aromatic N) is 9. The molecule has 3 saturated carbocycles. The molecule has 12 amide bonds. The van der Waals surface area contributed by atoms with Gasteiger partial charge >= 0.3 is 6.18 Å². The Morgan fingerprint density at radius 1 is 0.616 bits per heavy atom. The van der Waals surface area contributed by atoms with Gasteiger partial charge in [0, 0.05) is 68.5 Å². The number of carbonyl (C=O) groups excluding carboxylic acids is 12. The van der Waals surface area contributed by atoms with Crippen molar-refractivity contribution in [1.29, 1.82) is 0 Å². The maximum atomic E-state index is 15.7. The van der Waals surface area contributed by atoms with Crippen LogP contribution in [0.1, 0.15) is 181 Å². The largest absolute Gasteiger partial charge is 0.419 e.